The highest BCUT2D eigenvalue weighted by molar-refractivity contribution is 6.33. The van der Waals surface area contributed by atoms with Gasteiger partial charge in [-0.25, -0.2) is 0 Å². The first-order valence-corrected chi connectivity index (χ1v) is 7.41. The van der Waals surface area contributed by atoms with Gasteiger partial charge in [0.05, 0.1) is 36.8 Å². The Bertz CT molecular complexity index is 436. The monoisotopic (exact) mass is 281 g/mol. The molecule has 1 aliphatic heterocycles. The highest BCUT2D eigenvalue weighted by atomic mass is 35.5. The van der Waals surface area contributed by atoms with E-state index < -0.39 is 0 Å². The second-order valence-corrected chi connectivity index (χ2v) is 5.89. The summed E-state index contributed by atoms with van der Waals surface area (Å²) in [4.78, 5) is 13.5. The van der Waals surface area contributed by atoms with Crippen LogP contribution in [0.25, 0.3) is 0 Å². The smallest absolute Gasteiger partial charge is 0.230 e. The molecule has 0 aromatic heterocycles. The zero-order chi connectivity index (χ0) is 13.7. The maximum absolute atomic E-state index is 11.9. The molecule has 0 bridgehead atoms. The minimum atomic E-state index is 0.0545. The average Bonchev–Trinajstić information content (AvgIpc) is 2.39. The Hall–Kier alpha value is -1.06. The predicted molar refractivity (Wildman–Crippen MR) is 78.7 cm³/mol. The fourth-order valence-corrected chi connectivity index (χ4v) is 2.87. The van der Waals surface area contributed by atoms with Crippen LogP contribution in [0.3, 0.4) is 0 Å². The van der Waals surface area contributed by atoms with Crippen molar-refractivity contribution in [2.45, 2.75) is 26.2 Å². The van der Waals surface area contributed by atoms with E-state index in [1.807, 2.05) is 18.2 Å². The van der Waals surface area contributed by atoms with Gasteiger partial charge in [-0.05, 0) is 25.0 Å². The minimum absolute atomic E-state index is 0.0545. The van der Waals surface area contributed by atoms with Crippen LogP contribution in [0, 0.1) is 5.92 Å². The molecule has 1 aliphatic rings. The zero-order valence-electron chi connectivity index (χ0n) is 11.4. The van der Waals surface area contributed by atoms with Gasteiger partial charge in [-0.1, -0.05) is 30.7 Å². The number of rotatable bonds is 4. The Morgan fingerprint density at radius 2 is 2.26 bits per heavy atom. The summed E-state index contributed by atoms with van der Waals surface area (Å²) in [5.41, 5.74) is 0.705. The van der Waals surface area contributed by atoms with E-state index in [0.717, 1.165) is 12.5 Å². The number of nitrogens with one attached hydrogen (secondary N) is 2. The number of benzene rings is 1. The number of hydrogen-bond acceptors (Lipinski definition) is 1. The van der Waals surface area contributed by atoms with Crippen molar-refractivity contribution in [1.29, 1.82) is 0 Å². The first kappa shape index (κ1) is 14.4. The molecule has 2 atom stereocenters. The Labute approximate surface area is 119 Å². The number of quaternary nitrogens is 1. The third kappa shape index (κ3) is 4.51. The quantitative estimate of drug-likeness (QED) is 0.869. The number of anilines is 1. The summed E-state index contributed by atoms with van der Waals surface area (Å²) in [6.45, 7) is 5.60. The molecule has 19 heavy (non-hydrogen) atoms. The van der Waals surface area contributed by atoms with Crippen LogP contribution < -0.4 is 10.2 Å². The van der Waals surface area contributed by atoms with Gasteiger partial charge in [0, 0.05) is 5.92 Å². The number of para-hydroxylation sites is 1. The van der Waals surface area contributed by atoms with E-state index in [2.05, 4.69) is 12.2 Å². The van der Waals surface area contributed by atoms with E-state index in [1.54, 1.807) is 11.0 Å². The van der Waals surface area contributed by atoms with Crippen molar-refractivity contribution in [1.82, 2.24) is 0 Å². The Morgan fingerprint density at radius 1 is 1.47 bits per heavy atom. The Morgan fingerprint density at radius 3 is 3.00 bits per heavy atom. The lowest BCUT2D eigenvalue weighted by molar-refractivity contribution is -0.907. The molecule has 0 spiro atoms. The van der Waals surface area contributed by atoms with E-state index in [-0.39, 0.29) is 5.91 Å². The van der Waals surface area contributed by atoms with Crippen LogP contribution in [0.5, 0.6) is 0 Å². The molecule has 1 fully saturated rings. The SMILES string of the molecule is C[C@@H]1CCC[NH+](CCC(=O)Nc2ccccc2Cl)C1. The highest BCUT2D eigenvalue weighted by Crippen LogP contribution is 2.20. The molecule has 0 radical (unpaired) electrons. The largest absolute Gasteiger partial charge is 0.334 e. The first-order valence-electron chi connectivity index (χ1n) is 7.03. The van der Waals surface area contributed by atoms with Gasteiger partial charge < -0.3 is 10.2 Å². The second kappa shape index (κ2) is 6.92. The molecule has 104 valence electrons. The van der Waals surface area contributed by atoms with Crippen LogP contribution in [0.1, 0.15) is 26.2 Å². The molecule has 4 heteroatoms. The number of piperidine rings is 1. The number of likely N-dealkylation sites (tertiary alicyclic amines) is 1. The summed E-state index contributed by atoms with van der Waals surface area (Å²) in [5, 5.41) is 3.47. The molecule has 3 nitrogen and oxygen atoms in total. The number of hydrogen-bond donors (Lipinski definition) is 2. The van der Waals surface area contributed by atoms with Gasteiger partial charge >= 0.3 is 0 Å². The standard InChI is InChI=1S/C15H21ClN2O/c1-12-5-4-9-18(11-12)10-8-15(19)17-14-7-3-2-6-13(14)16/h2-3,6-7,12H,4-5,8-11H2,1H3,(H,17,19)/p+1/t12-/m1/s1. The molecule has 2 rings (SSSR count). The summed E-state index contributed by atoms with van der Waals surface area (Å²) in [7, 11) is 0. The Kier molecular flexibility index (Phi) is 5.23. The van der Waals surface area contributed by atoms with Crippen LogP contribution in [0.15, 0.2) is 24.3 Å². The van der Waals surface area contributed by atoms with Gasteiger partial charge in [-0.2, -0.15) is 0 Å². The Balaban J connectivity index is 1.77. The molecule has 0 saturated carbocycles. The van der Waals surface area contributed by atoms with Crippen LogP contribution in [0.4, 0.5) is 5.69 Å². The van der Waals surface area contributed by atoms with Gasteiger partial charge in [0.15, 0.2) is 0 Å². The van der Waals surface area contributed by atoms with Crippen molar-refractivity contribution in [3.63, 3.8) is 0 Å². The van der Waals surface area contributed by atoms with Crippen LogP contribution in [-0.2, 0) is 4.79 Å². The van der Waals surface area contributed by atoms with E-state index in [1.165, 1.54) is 25.9 Å². The molecule has 1 amide bonds. The summed E-state index contributed by atoms with van der Waals surface area (Å²) in [6.07, 6.45) is 3.17. The van der Waals surface area contributed by atoms with E-state index in [4.69, 9.17) is 11.6 Å². The topological polar surface area (TPSA) is 33.5 Å². The highest BCUT2D eigenvalue weighted by Gasteiger charge is 2.20. The summed E-state index contributed by atoms with van der Waals surface area (Å²) in [5.74, 6) is 0.842. The molecule has 1 unspecified atom stereocenters. The molecule has 1 heterocycles. The third-order valence-electron chi connectivity index (χ3n) is 3.72. The fourth-order valence-electron chi connectivity index (χ4n) is 2.69. The van der Waals surface area contributed by atoms with Gasteiger partial charge in [0.25, 0.3) is 0 Å². The van der Waals surface area contributed by atoms with Crippen molar-refractivity contribution in [3.05, 3.63) is 29.3 Å². The maximum Gasteiger partial charge on any atom is 0.230 e. The van der Waals surface area contributed by atoms with Crippen LogP contribution in [0.2, 0.25) is 5.02 Å². The van der Waals surface area contributed by atoms with Crippen molar-refractivity contribution in [2.75, 3.05) is 25.0 Å². The minimum Gasteiger partial charge on any atom is -0.334 e. The zero-order valence-corrected chi connectivity index (χ0v) is 12.2. The fraction of sp³-hybridized carbons (Fsp3) is 0.533. The molecule has 1 aromatic rings. The number of carbonyl (C=O) groups excluding carboxylic acids is 1. The third-order valence-corrected chi connectivity index (χ3v) is 4.05. The van der Waals surface area contributed by atoms with E-state index in [0.29, 0.717) is 17.1 Å². The summed E-state index contributed by atoms with van der Waals surface area (Å²) in [6, 6.07) is 7.35. The summed E-state index contributed by atoms with van der Waals surface area (Å²) >= 11 is 6.02. The molecule has 1 aromatic carbocycles. The average molecular weight is 282 g/mol. The normalized spacial score (nSPS) is 23.1. The molecular weight excluding hydrogens is 260 g/mol. The summed E-state index contributed by atoms with van der Waals surface area (Å²) < 4.78 is 0. The maximum atomic E-state index is 11.9. The van der Waals surface area contributed by atoms with Gasteiger partial charge in [-0.15, -0.1) is 0 Å². The van der Waals surface area contributed by atoms with Gasteiger partial charge in [-0.3, -0.25) is 4.79 Å². The molecular formula is C15H22ClN2O+. The van der Waals surface area contributed by atoms with E-state index in [9.17, 15) is 4.79 Å². The van der Waals surface area contributed by atoms with Crippen molar-refractivity contribution >= 4 is 23.2 Å². The molecule has 2 N–H and O–H groups in total. The van der Waals surface area contributed by atoms with Crippen molar-refractivity contribution in [3.8, 4) is 0 Å². The molecule has 0 aliphatic carbocycles. The number of amides is 1. The van der Waals surface area contributed by atoms with Gasteiger partial charge in [0.1, 0.15) is 0 Å². The number of halogens is 1. The predicted octanol–water partition coefficient (Wildman–Crippen LogP) is 1.98. The van der Waals surface area contributed by atoms with Gasteiger partial charge in [0.2, 0.25) is 5.91 Å². The molecule has 1 saturated heterocycles. The van der Waals surface area contributed by atoms with Crippen molar-refractivity contribution in [2.24, 2.45) is 5.92 Å². The van der Waals surface area contributed by atoms with E-state index >= 15 is 0 Å². The first-order chi connectivity index (χ1) is 9.15. The lowest BCUT2D eigenvalue weighted by Gasteiger charge is -2.27. The number of carbonyl (C=O) groups is 1. The van der Waals surface area contributed by atoms with Crippen LogP contribution in [-0.4, -0.2) is 25.5 Å². The van der Waals surface area contributed by atoms with Crippen LogP contribution >= 0.6 is 11.6 Å². The second-order valence-electron chi connectivity index (χ2n) is 5.48. The van der Waals surface area contributed by atoms with Crippen molar-refractivity contribution < 1.29 is 9.69 Å². The lowest BCUT2D eigenvalue weighted by Crippen LogP contribution is -3.13. The lowest BCUT2D eigenvalue weighted by atomic mass is 10.0.